The number of nitrogens with zero attached hydrogens (tertiary/aromatic N) is 2. The first-order chi connectivity index (χ1) is 9.72. The summed E-state index contributed by atoms with van der Waals surface area (Å²) in [7, 11) is 0. The Hall–Kier alpha value is -2.33. The molecular formula is C15H11ClN2O2. The highest BCUT2D eigenvalue weighted by Gasteiger charge is 2.11. The van der Waals surface area contributed by atoms with E-state index in [0.717, 1.165) is 11.1 Å². The molecule has 0 aliphatic rings. The molecule has 3 aromatic rings. The van der Waals surface area contributed by atoms with Crippen molar-refractivity contribution in [1.82, 2.24) is 10.1 Å². The van der Waals surface area contributed by atoms with Crippen LogP contribution in [0.25, 0.3) is 11.5 Å². The second-order valence-corrected chi connectivity index (χ2v) is 4.75. The van der Waals surface area contributed by atoms with Gasteiger partial charge in [-0.25, -0.2) is 0 Å². The fourth-order valence-corrected chi connectivity index (χ4v) is 2.08. The van der Waals surface area contributed by atoms with Gasteiger partial charge < -0.3 is 9.63 Å². The van der Waals surface area contributed by atoms with Crippen LogP contribution in [0, 0.1) is 0 Å². The average molecular weight is 287 g/mol. The van der Waals surface area contributed by atoms with Crippen LogP contribution in [-0.4, -0.2) is 15.2 Å². The van der Waals surface area contributed by atoms with Crippen LogP contribution in [0.2, 0.25) is 5.02 Å². The summed E-state index contributed by atoms with van der Waals surface area (Å²) in [5.41, 5.74) is 1.72. The standard InChI is InChI=1S/C15H11ClN2O2/c16-13-4-2-1-3-12(13)15-17-14(18-20-15)9-10-5-7-11(19)8-6-10/h1-8,19H,9H2. The third-order valence-electron chi connectivity index (χ3n) is 2.87. The van der Waals surface area contributed by atoms with E-state index in [1.165, 1.54) is 0 Å². The Kier molecular flexibility index (Phi) is 3.39. The lowest BCUT2D eigenvalue weighted by molar-refractivity contribution is 0.424. The van der Waals surface area contributed by atoms with E-state index in [1.54, 1.807) is 18.2 Å². The van der Waals surface area contributed by atoms with Crippen molar-refractivity contribution in [3.8, 4) is 17.2 Å². The van der Waals surface area contributed by atoms with E-state index in [9.17, 15) is 5.11 Å². The average Bonchev–Trinajstić information content (AvgIpc) is 2.90. The summed E-state index contributed by atoms with van der Waals surface area (Å²) in [6.07, 6.45) is 0.536. The topological polar surface area (TPSA) is 59.2 Å². The monoisotopic (exact) mass is 286 g/mol. The highest BCUT2D eigenvalue weighted by Crippen LogP contribution is 2.26. The Morgan fingerprint density at radius 1 is 1.05 bits per heavy atom. The lowest BCUT2D eigenvalue weighted by atomic mass is 10.1. The van der Waals surface area contributed by atoms with Crippen LogP contribution in [-0.2, 0) is 6.42 Å². The van der Waals surface area contributed by atoms with Crippen molar-refractivity contribution in [1.29, 1.82) is 0 Å². The molecule has 0 amide bonds. The number of rotatable bonds is 3. The maximum atomic E-state index is 9.24. The van der Waals surface area contributed by atoms with Crippen molar-refractivity contribution >= 4 is 11.6 Å². The van der Waals surface area contributed by atoms with Gasteiger partial charge in [0, 0.05) is 6.42 Å². The molecule has 0 aliphatic heterocycles. The molecule has 1 heterocycles. The molecule has 0 aliphatic carbocycles. The first kappa shape index (κ1) is 12.7. The zero-order chi connectivity index (χ0) is 13.9. The summed E-state index contributed by atoms with van der Waals surface area (Å²) in [5, 5.41) is 13.8. The Morgan fingerprint density at radius 3 is 2.55 bits per heavy atom. The van der Waals surface area contributed by atoms with Gasteiger partial charge in [0.1, 0.15) is 5.75 Å². The predicted molar refractivity (Wildman–Crippen MR) is 75.7 cm³/mol. The molecule has 0 fully saturated rings. The van der Waals surface area contributed by atoms with Gasteiger partial charge in [0.25, 0.3) is 5.89 Å². The normalized spacial score (nSPS) is 10.7. The summed E-state index contributed by atoms with van der Waals surface area (Å²) in [5.74, 6) is 1.22. The van der Waals surface area contributed by atoms with Crippen LogP contribution < -0.4 is 0 Å². The lowest BCUT2D eigenvalue weighted by Gasteiger charge is -1.97. The lowest BCUT2D eigenvalue weighted by Crippen LogP contribution is -1.90. The van der Waals surface area contributed by atoms with Gasteiger partial charge in [-0.1, -0.05) is 41.0 Å². The van der Waals surface area contributed by atoms with Crippen molar-refractivity contribution in [3.05, 3.63) is 64.9 Å². The summed E-state index contributed by atoms with van der Waals surface area (Å²) < 4.78 is 5.23. The van der Waals surface area contributed by atoms with Crippen LogP contribution in [0.15, 0.2) is 53.1 Å². The molecule has 0 spiro atoms. The molecule has 0 bridgehead atoms. The molecule has 0 saturated carbocycles. The van der Waals surface area contributed by atoms with Gasteiger partial charge >= 0.3 is 0 Å². The molecule has 2 aromatic carbocycles. The molecule has 1 N–H and O–H groups in total. The van der Waals surface area contributed by atoms with Crippen LogP contribution in [0.1, 0.15) is 11.4 Å². The summed E-state index contributed by atoms with van der Waals surface area (Å²) in [6, 6.07) is 14.2. The summed E-state index contributed by atoms with van der Waals surface area (Å²) in [4.78, 5) is 4.33. The number of hydrogen-bond donors (Lipinski definition) is 1. The van der Waals surface area contributed by atoms with Gasteiger partial charge in [0.2, 0.25) is 0 Å². The Balaban J connectivity index is 1.84. The SMILES string of the molecule is Oc1ccc(Cc2noc(-c3ccccc3Cl)n2)cc1. The minimum atomic E-state index is 0.235. The van der Waals surface area contributed by atoms with Gasteiger partial charge in [-0.15, -0.1) is 0 Å². The van der Waals surface area contributed by atoms with Crippen molar-refractivity contribution in [2.24, 2.45) is 0 Å². The maximum Gasteiger partial charge on any atom is 0.259 e. The van der Waals surface area contributed by atoms with E-state index in [0.29, 0.717) is 23.2 Å². The minimum Gasteiger partial charge on any atom is -0.508 e. The third-order valence-corrected chi connectivity index (χ3v) is 3.20. The van der Waals surface area contributed by atoms with Gasteiger partial charge in [-0.3, -0.25) is 0 Å². The van der Waals surface area contributed by atoms with Gasteiger partial charge in [0.15, 0.2) is 5.82 Å². The van der Waals surface area contributed by atoms with E-state index in [1.807, 2.05) is 30.3 Å². The second kappa shape index (κ2) is 5.35. The molecule has 0 unspecified atom stereocenters. The predicted octanol–water partition coefficient (Wildman–Crippen LogP) is 3.69. The molecule has 4 nitrogen and oxygen atoms in total. The van der Waals surface area contributed by atoms with Crippen LogP contribution in [0.5, 0.6) is 5.75 Å². The fourth-order valence-electron chi connectivity index (χ4n) is 1.87. The summed E-state index contributed by atoms with van der Waals surface area (Å²) >= 11 is 6.09. The molecule has 0 atom stereocenters. The van der Waals surface area contributed by atoms with E-state index < -0.39 is 0 Å². The largest absolute Gasteiger partial charge is 0.508 e. The smallest absolute Gasteiger partial charge is 0.259 e. The Labute approximate surface area is 120 Å². The number of halogens is 1. The quantitative estimate of drug-likeness (QED) is 0.798. The molecule has 5 heteroatoms. The number of aromatic nitrogens is 2. The molecular weight excluding hydrogens is 276 g/mol. The zero-order valence-corrected chi connectivity index (χ0v) is 11.2. The Bertz CT molecular complexity index is 723. The zero-order valence-electron chi connectivity index (χ0n) is 10.5. The van der Waals surface area contributed by atoms with E-state index in [2.05, 4.69) is 10.1 Å². The van der Waals surface area contributed by atoms with Crippen LogP contribution in [0.3, 0.4) is 0 Å². The number of hydrogen-bond acceptors (Lipinski definition) is 4. The van der Waals surface area contributed by atoms with Crippen molar-refractivity contribution < 1.29 is 9.63 Å². The van der Waals surface area contributed by atoms with Gasteiger partial charge in [-0.05, 0) is 29.8 Å². The molecule has 3 rings (SSSR count). The Morgan fingerprint density at radius 2 is 1.80 bits per heavy atom. The fraction of sp³-hybridized carbons (Fsp3) is 0.0667. The minimum absolute atomic E-state index is 0.235. The number of aromatic hydroxyl groups is 1. The van der Waals surface area contributed by atoms with E-state index in [4.69, 9.17) is 16.1 Å². The first-order valence-corrected chi connectivity index (χ1v) is 6.45. The van der Waals surface area contributed by atoms with Gasteiger partial charge in [0.05, 0.1) is 10.6 Å². The molecule has 1 aromatic heterocycles. The van der Waals surface area contributed by atoms with Crippen molar-refractivity contribution in [2.45, 2.75) is 6.42 Å². The van der Waals surface area contributed by atoms with Crippen LogP contribution >= 0.6 is 11.6 Å². The van der Waals surface area contributed by atoms with Crippen molar-refractivity contribution in [3.63, 3.8) is 0 Å². The number of phenolic OH excluding ortho intramolecular Hbond substituents is 1. The molecule has 100 valence electrons. The van der Waals surface area contributed by atoms with E-state index >= 15 is 0 Å². The highest BCUT2D eigenvalue weighted by molar-refractivity contribution is 6.33. The van der Waals surface area contributed by atoms with Crippen molar-refractivity contribution in [2.75, 3.05) is 0 Å². The third kappa shape index (κ3) is 2.65. The van der Waals surface area contributed by atoms with E-state index in [-0.39, 0.29) is 5.75 Å². The number of phenols is 1. The molecule has 20 heavy (non-hydrogen) atoms. The first-order valence-electron chi connectivity index (χ1n) is 6.08. The van der Waals surface area contributed by atoms with Gasteiger partial charge in [-0.2, -0.15) is 4.98 Å². The second-order valence-electron chi connectivity index (χ2n) is 4.34. The molecule has 0 saturated heterocycles. The summed E-state index contributed by atoms with van der Waals surface area (Å²) in [6.45, 7) is 0. The maximum absolute atomic E-state index is 9.24. The van der Waals surface area contributed by atoms with Crippen LogP contribution in [0.4, 0.5) is 0 Å². The molecule has 0 radical (unpaired) electrons. The highest BCUT2D eigenvalue weighted by atomic mass is 35.5. The number of benzene rings is 2.